The van der Waals surface area contributed by atoms with Crippen LogP contribution >= 0.6 is 0 Å². The lowest BCUT2D eigenvalue weighted by molar-refractivity contribution is -0.148. The van der Waals surface area contributed by atoms with Crippen LogP contribution in [-0.2, 0) is 28.2 Å². The van der Waals surface area contributed by atoms with Gasteiger partial charge in [0.2, 0.25) is 0 Å². The van der Waals surface area contributed by atoms with E-state index in [1.807, 2.05) is 79.2 Å². The molecule has 258 valence electrons. The highest BCUT2D eigenvalue weighted by molar-refractivity contribution is 5.81. The molecule has 0 radical (unpaired) electrons. The van der Waals surface area contributed by atoms with E-state index in [-0.39, 0.29) is 18.5 Å². The zero-order valence-electron chi connectivity index (χ0n) is 29.3. The molecule has 0 bridgehead atoms. The molecule has 52 heavy (non-hydrogen) atoms. The highest BCUT2D eigenvalue weighted by Crippen LogP contribution is 2.43. The van der Waals surface area contributed by atoms with Crippen molar-refractivity contribution in [3.63, 3.8) is 0 Å². The summed E-state index contributed by atoms with van der Waals surface area (Å²) in [7, 11) is 0. The van der Waals surface area contributed by atoms with E-state index >= 15 is 0 Å². The van der Waals surface area contributed by atoms with Crippen LogP contribution in [0.5, 0.6) is 0 Å². The number of hydrogen-bond acceptors (Lipinski definition) is 6. The molecule has 1 aromatic heterocycles. The Labute approximate surface area is 305 Å². The molecule has 7 aromatic rings. The van der Waals surface area contributed by atoms with Crippen molar-refractivity contribution in [2.24, 2.45) is 5.92 Å². The molecule has 0 aliphatic heterocycles. The van der Waals surface area contributed by atoms with Crippen molar-refractivity contribution in [1.29, 1.82) is 0 Å². The maximum absolute atomic E-state index is 13.0. The summed E-state index contributed by atoms with van der Waals surface area (Å²) >= 11 is 0. The first kappa shape index (κ1) is 34.3. The number of carbonyl (C=O) groups excluding carboxylic acids is 1. The van der Waals surface area contributed by atoms with Gasteiger partial charge < -0.3 is 10.1 Å². The first-order valence-electron chi connectivity index (χ1n) is 17.6. The van der Waals surface area contributed by atoms with Gasteiger partial charge in [0.05, 0.1) is 0 Å². The summed E-state index contributed by atoms with van der Waals surface area (Å²) < 4.78 is 7.63. The van der Waals surface area contributed by atoms with Crippen molar-refractivity contribution in [1.82, 2.24) is 25.5 Å². The molecule has 1 N–H and O–H groups in total. The maximum atomic E-state index is 13.0. The van der Waals surface area contributed by atoms with Crippen LogP contribution in [0.25, 0.3) is 22.5 Å². The molecule has 0 spiro atoms. The molecule has 0 unspecified atom stereocenters. The summed E-state index contributed by atoms with van der Waals surface area (Å²) in [6.07, 6.45) is 0. The summed E-state index contributed by atoms with van der Waals surface area (Å²) in [5, 5.41) is 17.2. The Bertz CT molecular complexity index is 2090. The van der Waals surface area contributed by atoms with Gasteiger partial charge in [-0.2, -0.15) is 0 Å². The lowest BCUT2D eigenvalue weighted by Crippen LogP contribution is -2.41. The van der Waals surface area contributed by atoms with Gasteiger partial charge in [0.1, 0.15) is 18.2 Å². The number of rotatable bonds is 13. The van der Waals surface area contributed by atoms with Gasteiger partial charge in [-0.1, -0.05) is 184 Å². The number of carbonyl (C=O) groups is 1. The first-order valence-corrected chi connectivity index (χ1v) is 17.6. The highest BCUT2D eigenvalue weighted by atomic mass is 16.5. The molecule has 1 atom stereocenters. The SMILES string of the molecule is CC(C)[C@H](NCc1ccc(-c2ccccc2-c2nnnn2C(c2ccccc2)(c2ccccc2)c2ccccc2)cc1)C(=O)OCc1ccccc1. The van der Waals surface area contributed by atoms with Gasteiger partial charge in [-0.25, -0.2) is 4.68 Å². The quantitative estimate of drug-likeness (QED) is 0.0968. The van der Waals surface area contributed by atoms with Gasteiger partial charge in [0, 0.05) is 12.1 Å². The monoisotopic (exact) mass is 683 g/mol. The summed E-state index contributed by atoms with van der Waals surface area (Å²) in [6.45, 7) is 4.83. The van der Waals surface area contributed by atoms with Crippen LogP contribution in [0.2, 0.25) is 0 Å². The summed E-state index contributed by atoms with van der Waals surface area (Å²) in [5.41, 5.74) is 7.23. The van der Waals surface area contributed by atoms with Crippen LogP contribution in [0.15, 0.2) is 170 Å². The first-order chi connectivity index (χ1) is 25.6. The highest BCUT2D eigenvalue weighted by Gasteiger charge is 2.42. The standard InChI is InChI=1S/C45H41N5O2/c1-33(2)42(44(51)52-32-35-17-7-3-8-18-35)46-31-34-27-29-36(30-28-34)40-25-15-16-26-41(40)43-47-48-49-50(43)45(37-19-9-4-10-20-37,38-21-11-5-12-22-38)39-23-13-6-14-24-39/h3-30,33,42,46H,31-32H2,1-2H3/t42-/m0/s1. The smallest absolute Gasteiger partial charge is 0.323 e. The van der Waals surface area contributed by atoms with Crippen molar-refractivity contribution < 1.29 is 9.53 Å². The van der Waals surface area contributed by atoms with Gasteiger partial charge in [-0.3, -0.25) is 4.79 Å². The zero-order chi connectivity index (χ0) is 35.8. The number of benzene rings is 6. The maximum Gasteiger partial charge on any atom is 0.323 e. The van der Waals surface area contributed by atoms with Crippen molar-refractivity contribution >= 4 is 5.97 Å². The van der Waals surface area contributed by atoms with E-state index in [1.165, 1.54) is 0 Å². The largest absolute Gasteiger partial charge is 0.460 e. The topological polar surface area (TPSA) is 81.9 Å². The lowest BCUT2D eigenvalue weighted by atomic mass is 9.77. The van der Waals surface area contributed by atoms with E-state index in [0.29, 0.717) is 12.4 Å². The Morgan fingerprint density at radius 2 is 1.13 bits per heavy atom. The number of tetrazole rings is 1. The predicted octanol–water partition coefficient (Wildman–Crippen LogP) is 8.70. The molecule has 0 saturated heterocycles. The van der Waals surface area contributed by atoms with Crippen LogP contribution in [0, 0.1) is 5.92 Å². The van der Waals surface area contributed by atoms with Crippen molar-refractivity contribution in [2.45, 2.75) is 38.6 Å². The van der Waals surface area contributed by atoms with Crippen LogP contribution in [0.1, 0.15) is 41.7 Å². The average molecular weight is 684 g/mol. The van der Waals surface area contributed by atoms with Gasteiger partial charge in [0.15, 0.2) is 5.82 Å². The molecule has 7 heteroatoms. The minimum absolute atomic E-state index is 0.0650. The van der Waals surface area contributed by atoms with Crippen LogP contribution < -0.4 is 5.32 Å². The minimum atomic E-state index is -0.861. The van der Waals surface area contributed by atoms with Gasteiger partial charge in [-0.15, -0.1) is 5.10 Å². The Balaban J connectivity index is 1.21. The Kier molecular flexibility index (Phi) is 10.4. The molecule has 0 amide bonds. The van der Waals surface area contributed by atoms with E-state index in [2.05, 4.69) is 120 Å². The number of hydrogen-bond donors (Lipinski definition) is 1. The average Bonchev–Trinajstić information content (AvgIpc) is 3.69. The second-order valence-corrected chi connectivity index (χ2v) is 13.2. The Morgan fingerprint density at radius 3 is 1.67 bits per heavy atom. The third kappa shape index (κ3) is 7.04. The molecule has 0 aliphatic carbocycles. The Hall–Kier alpha value is -6.18. The fourth-order valence-electron chi connectivity index (χ4n) is 6.86. The molecule has 1 heterocycles. The molecule has 7 rings (SSSR count). The van der Waals surface area contributed by atoms with E-state index in [9.17, 15) is 4.79 Å². The van der Waals surface area contributed by atoms with E-state index < -0.39 is 11.6 Å². The van der Waals surface area contributed by atoms with Gasteiger partial charge >= 0.3 is 5.97 Å². The number of aromatic nitrogens is 4. The third-order valence-electron chi connectivity index (χ3n) is 9.47. The second-order valence-electron chi connectivity index (χ2n) is 13.2. The molecule has 7 nitrogen and oxygen atoms in total. The summed E-state index contributed by atoms with van der Waals surface area (Å²) in [4.78, 5) is 13.0. The van der Waals surface area contributed by atoms with Crippen LogP contribution in [0.3, 0.4) is 0 Å². The molecular weight excluding hydrogens is 643 g/mol. The minimum Gasteiger partial charge on any atom is -0.460 e. The number of nitrogens with one attached hydrogen (secondary N) is 1. The Morgan fingerprint density at radius 1 is 0.635 bits per heavy atom. The third-order valence-corrected chi connectivity index (χ3v) is 9.47. The fraction of sp³-hybridized carbons (Fsp3) is 0.156. The second kappa shape index (κ2) is 15.8. The number of nitrogens with zero attached hydrogens (tertiary/aromatic N) is 4. The summed E-state index contributed by atoms with van der Waals surface area (Å²) in [5.74, 6) is 0.460. The summed E-state index contributed by atoms with van der Waals surface area (Å²) in [6, 6.07) is 57.2. The van der Waals surface area contributed by atoms with Gasteiger partial charge in [-0.05, 0) is 55.3 Å². The van der Waals surface area contributed by atoms with Crippen molar-refractivity contribution in [3.8, 4) is 22.5 Å². The zero-order valence-corrected chi connectivity index (χ0v) is 29.3. The van der Waals surface area contributed by atoms with Gasteiger partial charge in [0.25, 0.3) is 0 Å². The predicted molar refractivity (Wildman–Crippen MR) is 205 cm³/mol. The normalized spacial score (nSPS) is 12.1. The molecule has 0 saturated carbocycles. The number of esters is 1. The molecular formula is C45H41N5O2. The van der Waals surface area contributed by atoms with E-state index in [1.54, 1.807) is 0 Å². The number of ether oxygens (including phenoxy) is 1. The molecule has 0 aliphatic rings. The van der Waals surface area contributed by atoms with Crippen molar-refractivity contribution in [2.75, 3.05) is 0 Å². The molecule has 6 aromatic carbocycles. The van der Waals surface area contributed by atoms with E-state index in [4.69, 9.17) is 15.0 Å². The molecule has 0 fully saturated rings. The van der Waals surface area contributed by atoms with Crippen LogP contribution in [0.4, 0.5) is 0 Å². The van der Waals surface area contributed by atoms with Crippen LogP contribution in [-0.4, -0.2) is 32.2 Å². The fourth-order valence-corrected chi connectivity index (χ4v) is 6.86. The lowest BCUT2D eigenvalue weighted by Gasteiger charge is -2.36. The van der Waals surface area contributed by atoms with E-state index in [0.717, 1.165) is 44.5 Å². The van der Waals surface area contributed by atoms with Crippen molar-refractivity contribution in [3.05, 3.63) is 198 Å².